The van der Waals surface area contributed by atoms with Gasteiger partial charge in [0.1, 0.15) is 6.04 Å². The summed E-state index contributed by atoms with van der Waals surface area (Å²) in [5, 5.41) is 14.0. The zero-order valence-corrected chi connectivity index (χ0v) is 7.97. The normalized spacial score (nSPS) is 11.6. The molecule has 78 valence electrons. The first-order valence-electron chi connectivity index (χ1n) is 4.03. The number of aliphatic carboxylic acids is 1. The van der Waals surface area contributed by atoms with E-state index in [0.717, 1.165) is 0 Å². The van der Waals surface area contributed by atoms with Gasteiger partial charge in [0.05, 0.1) is 0 Å². The van der Waals surface area contributed by atoms with Gasteiger partial charge in [0.2, 0.25) is 5.91 Å². The van der Waals surface area contributed by atoms with Crippen molar-refractivity contribution >= 4 is 11.9 Å². The van der Waals surface area contributed by atoms with Crippen LogP contribution in [0.5, 0.6) is 0 Å². The third-order valence-corrected chi connectivity index (χ3v) is 1.30. The first-order valence-corrected chi connectivity index (χ1v) is 4.03. The van der Waals surface area contributed by atoms with Crippen LogP contribution in [0.15, 0.2) is 5.11 Å². The number of hydrogen-bond donors (Lipinski definition) is 2. The maximum Gasteiger partial charge on any atom is 0.312 e. The molecule has 0 aliphatic heterocycles. The van der Waals surface area contributed by atoms with Crippen molar-refractivity contribution in [3.63, 3.8) is 0 Å². The highest BCUT2D eigenvalue weighted by Gasteiger charge is 2.19. The second kappa shape index (κ2) is 5.82. The van der Waals surface area contributed by atoms with Gasteiger partial charge in [-0.05, 0) is 19.4 Å². The van der Waals surface area contributed by atoms with Gasteiger partial charge in [-0.15, -0.1) is 0 Å². The predicted molar refractivity (Wildman–Crippen MR) is 48.5 cm³/mol. The van der Waals surface area contributed by atoms with Crippen LogP contribution in [-0.2, 0) is 9.59 Å². The number of amides is 1. The van der Waals surface area contributed by atoms with Crippen LogP contribution in [0, 0.1) is 0 Å². The van der Waals surface area contributed by atoms with Crippen LogP contribution in [-0.4, -0.2) is 29.1 Å². The van der Waals surface area contributed by atoms with Gasteiger partial charge < -0.3 is 10.4 Å². The van der Waals surface area contributed by atoms with E-state index >= 15 is 0 Å². The minimum atomic E-state index is -1.33. The van der Waals surface area contributed by atoms with Crippen molar-refractivity contribution in [3.8, 4) is 0 Å². The van der Waals surface area contributed by atoms with Crippen molar-refractivity contribution in [2.75, 3.05) is 0 Å². The molecule has 0 spiro atoms. The molecule has 1 atom stereocenters. The van der Waals surface area contributed by atoms with Crippen LogP contribution < -0.4 is 5.32 Å². The monoisotopic (exact) mass is 200 g/mol. The van der Waals surface area contributed by atoms with Gasteiger partial charge in [-0.2, -0.15) is 0 Å². The molecule has 0 aromatic rings. The first-order chi connectivity index (χ1) is 6.47. The minimum absolute atomic E-state index is 0.0667. The number of rotatable bonds is 5. The smallest absolute Gasteiger partial charge is 0.312 e. The molecule has 0 fully saturated rings. The Bertz CT molecular complexity index is 268. The molecular formula is C7H12N4O3. The number of carboxylic acid groups (broad SMARTS) is 1. The molecule has 0 heterocycles. The molecule has 14 heavy (non-hydrogen) atoms. The summed E-state index contributed by atoms with van der Waals surface area (Å²) in [6.45, 7) is 3.50. The molecule has 0 saturated carbocycles. The lowest BCUT2D eigenvalue weighted by atomic mass is 10.2. The van der Waals surface area contributed by atoms with E-state index in [9.17, 15) is 9.59 Å². The van der Waals surface area contributed by atoms with E-state index in [1.165, 1.54) is 0 Å². The Kier molecular flexibility index (Phi) is 5.09. The lowest BCUT2D eigenvalue weighted by Crippen LogP contribution is -2.34. The van der Waals surface area contributed by atoms with E-state index in [-0.39, 0.29) is 12.5 Å². The number of carboxylic acids is 1. The van der Waals surface area contributed by atoms with Crippen LogP contribution in [0.3, 0.4) is 0 Å². The largest absolute Gasteiger partial charge is 0.481 e. The number of azide groups is 1. The van der Waals surface area contributed by atoms with Crippen molar-refractivity contribution in [3.05, 3.63) is 10.4 Å². The summed E-state index contributed by atoms with van der Waals surface area (Å²) in [6.07, 6.45) is -0.336. The number of nitrogens with zero attached hydrogens (tertiary/aromatic N) is 3. The fourth-order valence-corrected chi connectivity index (χ4v) is 0.796. The highest BCUT2D eigenvalue weighted by atomic mass is 16.4. The molecule has 7 heteroatoms. The SMILES string of the molecule is CC(C)NC(=O)C[C@H](N=[N+]=[N-])C(=O)O. The predicted octanol–water partition coefficient (Wildman–Crippen LogP) is 0.665. The Labute approximate surface area is 80.7 Å². The molecule has 0 aromatic heterocycles. The summed E-state index contributed by atoms with van der Waals surface area (Å²) in [6, 6.07) is -1.40. The Morgan fingerprint density at radius 3 is 2.50 bits per heavy atom. The first kappa shape index (κ1) is 12.2. The van der Waals surface area contributed by atoms with Gasteiger partial charge in [0.15, 0.2) is 0 Å². The van der Waals surface area contributed by atoms with E-state index in [0.29, 0.717) is 0 Å². The fourth-order valence-electron chi connectivity index (χ4n) is 0.796. The Morgan fingerprint density at radius 2 is 2.14 bits per heavy atom. The third kappa shape index (κ3) is 5.00. The zero-order valence-electron chi connectivity index (χ0n) is 7.97. The molecule has 0 unspecified atom stereocenters. The molecule has 0 bridgehead atoms. The summed E-state index contributed by atoms with van der Waals surface area (Å²) >= 11 is 0. The van der Waals surface area contributed by atoms with Crippen molar-refractivity contribution in [1.29, 1.82) is 0 Å². The van der Waals surface area contributed by atoms with Crippen molar-refractivity contribution in [2.24, 2.45) is 5.11 Å². The minimum Gasteiger partial charge on any atom is -0.481 e. The number of carbonyl (C=O) groups is 2. The lowest BCUT2D eigenvalue weighted by Gasteiger charge is -2.09. The maximum atomic E-state index is 11.1. The van der Waals surface area contributed by atoms with Crippen LogP contribution in [0.1, 0.15) is 20.3 Å². The van der Waals surface area contributed by atoms with Gasteiger partial charge >= 0.3 is 5.97 Å². The molecule has 0 aliphatic carbocycles. The van der Waals surface area contributed by atoms with Crippen LogP contribution in [0.2, 0.25) is 0 Å². The fraction of sp³-hybridized carbons (Fsp3) is 0.714. The summed E-state index contributed by atoms with van der Waals surface area (Å²) in [5.41, 5.74) is 8.04. The van der Waals surface area contributed by atoms with Gasteiger partial charge in [-0.25, -0.2) is 0 Å². The van der Waals surface area contributed by atoms with Crippen LogP contribution in [0.4, 0.5) is 0 Å². The highest BCUT2D eigenvalue weighted by Crippen LogP contribution is 1.99. The topological polar surface area (TPSA) is 115 Å². The lowest BCUT2D eigenvalue weighted by molar-refractivity contribution is -0.140. The Hall–Kier alpha value is -1.75. The van der Waals surface area contributed by atoms with Gasteiger partial charge in [-0.1, -0.05) is 5.11 Å². The molecule has 0 radical (unpaired) electrons. The van der Waals surface area contributed by atoms with Crippen molar-refractivity contribution < 1.29 is 14.7 Å². The van der Waals surface area contributed by atoms with E-state index in [4.69, 9.17) is 10.6 Å². The zero-order chi connectivity index (χ0) is 11.1. The molecule has 0 saturated heterocycles. The standard InChI is InChI=1S/C7H12N4O3/c1-4(2)9-6(12)3-5(7(13)14)10-11-8/h4-5H,3H2,1-2H3,(H,9,12)(H,13,14)/t5-/m0/s1. The summed E-state index contributed by atoms with van der Waals surface area (Å²) in [4.78, 5) is 23.9. The number of nitrogens with one attached hydrogen (secondary N) is 1. The second-order valence-corrected chi connectivity index (χ2v) is 2.99. The molecule has 0 aliphatic rings. The van der Waals surface area contributed by atoms with E-state index < -0.39 is 17.9 Å². The summed E-state index contributed by atoms with van der Waals surface area (Å²) < 4.78 is 0. The maximum absolute atomic E-state index is 11.1. The summed E-state index contributed by atoms with van der Waals surface area (Å²) in [7, 11) is 0. The van der Waals surface area contributed by atoms with E-state index in [1.807, 2.05) is 0 Å². The van der Waals surface area contributed by atoms with E-state index in [2.05, 4.69) is 15.3 Å². The van der Waals surface area contributed by atoms with Crippen molar-refractivity contribution in [1.82, 2.24) is 5.32 Å². The average molecular weight is 200 g/mol. The molecule has 1 amide bonds. The quantitative estimate of drug-likeness (QED) is 0.386. The molecule has 2 N–H and O–H groups in total. The number of hydrogen-bond acceptors (Lipinski definition) is 3. The molecule has 0 aromatic carbocycles. The third-order valence-electron chi connectivity index (χ3n) is 1.30. The van der Waals surface area contributed by atoms with Gasteiger partial charge in [0, 0.05) is 17.4 Å². The Balaban J connectivity index is 4.23. The average Bonchev–Trinajstić information content (AvgIpc) is 2.01. The second-order valence-electron chi connectivity index (χ2n) is 2.99. The summed E-state index contributed by atoms with van der Waals surface area (Å²) in [5.74, 6) is -1.75. The number of carbonyl (C=O) groups excluding carboxylic acids is 1. The van der Waals surface area contributed by atoms with Gasteiger partial charge in [0.25, 0.3) is 0 Å². The van der Waals surface area contributed by atoms with Crippen LogP contribution in [0.25, 0.3) is 10.4 Å². The molecular weight excluding hydrogens is 188 g/mol. The Morgan fingerprint density at radius 1 is 1.57 bits per heavy atom. The molecule has 7 nitrogen and oxygen atoms in total. The highest BCUT2D eigenvalue weighted by molar-refractivity contribution is 5.84. The molecule has 0 rings (SSSR count). The van der Waals surface area contributed by atoms with E-state index in [1.54, 1.807) is 13.8 Å². The van der Waals surface area contributed by atoms with Gasteiger partial charge in [-0.3, -0.25) is 9.59 Å². The van der Waals surface area contributed by atoms with Crippen molar-refractivity contribution in [2.45, 2.75) is 32.4 Å². The van der Waals surface area contributed by atoms with Crippen LogP contribution >= 0.6 is 0 Å².